The summed E-state index contributed by atoms with van der Waals surface area (Å²) in [4.78, 5) is 10.9. The molecule has 0 aliphatic carbocycles. The first kappa shape index (κ1) is 11.2. The van der Waals surface area contributed by atoms with Crippen LogP contribution < -0.4 is 16.8 Å². The molecular formula is C7H17N3O2. The summed E-state index contributed by atoms with van der Waals surface area (Å²) in [6.45, 7) is 4.25. The summed E-state index contributed by atoms with van der Waals surface area (Å²) in [5.74, 6) is 0. The van der Waals surface area contributed by atoms with Crippen molar-refractivity contribution in [2.24, 2.45) is 11.5 Å². The molecule has 0 fully saturated rings. The third-order valence-electron chi connectivity index (χ3n) is 1.36. The summed E-state index contributed by atoms with van der Waals surface area (Å²) in [5.41, 5.74) is 10.5. The van der Waals surface area contributed by atoms with E-state index in [1.807, 2.05) is 0 Å². The number of nitrogens with one attached hydrogen (secondary N) is 1. The summed E-state index contributed by atoms with van der Waals surface area (Å²) < 4.78 is 4.84. The highest BCUT2D eigenvalue weighted by Gasteiger charge is 2.09. The number of rotatable bonds is 4. The maximum atomic E-state index is 10.9. The molecule has 5 N–H and O–H groups in total. The van der Waals surface area contributed by atoms with Gasteiger partial charge in [-0.3, -0.25) is 0 Å². The largest absolute Gasteiger partial charge is 0.445 e. The second kappa shape index (κ2) is 5.79. The molecule has 0 aromatic heterocycles. The van der Waals surface area contributed by atoms with E-state index in [1.165, 1.54) is 0 Å². The fraction of sp³-hybridized carbons (Fsp3) is 0.857. The van der Waals surface area contributed by atoms with Crippen molar-refractivity contribution in [2.45, 2.75) is 26.0 Å². The van der Waals surface area contributed by atoms with E-state index in [0.29, 0.717) is 13.1 Å². The van der Waals surface area contributed by atoms with Crippen LogP contribution in [0.3, 0.4) is 0 Å². The number of alkyl carbamates (subject to hydrolysis) is 1. The number of amides is 1. The molecule has 0 saturated heterocycles. The van der Waals surface area contributed by atoms with Crippen molar-refractivity contribution in [3.8, 4) is 0 Å². The second-order valence-electron chi connectivity index (χ2n) is 2.73. The van der Waals surface area contributed by atoms with Gasteiger partial charge < -0.3 is 21.5 Å². The quantitative estimate of drug-likeness (QED) is 0.532. The van der Waals surface area contributed by atoms with Crippen LogP contribution in [0.2, 0.25) is 0 Å². The molecule has 72 valence electrons. The van der Waals surface area contributed by atoms with Gasteiger partial charge in [0.2, 0.25) is 0 Å². The topological polar surface area (TPSA) is 90.4 Å². The van der Waals surface area contributed by atoms with Gasteiger partial charge in [0.1, 0.15) is 6.10 Å². The third-order valence-corrected chi connectivity index (χ3v) is 1.36. The Hall–Kier alpha value is -0.810. The van der Waals surface area contributed by atoms with Gasteiger partial charge in [0.05, 0.1) is 0 Å². The molecule has 0 rings (SSSR count). The van der Waals surface area contributed by atoms with E-state index in [4.69, 9.17) is 16.2 Å². The molecule has 0 bridgehead atoms. The number of carbonyl (C=O) groups excluding carboxylic acids is 1. The monoisotopic (exact) mass is 175 g/mol. The van der Waals surface area contributed by atoms with E-state index >= 15 is 0 Å². The molecule has 0 aliphatic heterocycles. The predicted molar refractivity (Wildman–Crippen MR) is 46.6 cm³/mol. The molecule has 0 saturated carbocycles. The fourth-order valence-electron chi connectivity index (χ4n) is 0.525. The summed E-state index contributed by atoms with van der Waals surface area (Å²) >= 11 is 0. The molecular weight excluding hydrogens is 158 g/mol. The van der Waals surface area contributed by atoms with Crippen molar-refractivity contribution < 1.29 is 9.53 Å². The Morgan fingerprint density at radius 2 is 2.00 bits per heavy atom. The molecule has 0 aromatic rings. The van der Waals surface area contributed by atoms with Gasteiger partial charge in [-0.1, -0.05) is 0 Å². The molecule has 2 atom stereocenters. The number of nitrogens with two attached hydrogens (primary N) is 2. The van der Waals surface area contributed by atoms with Crippen LogP contribution >= 0.6 is 0 Å². The average molecular weight is 175 g/mol. The molecule has 2 unspecified atom stereocenters. The molecule has 0 radical (unpaired) electrons. The Morgan fingerprint density at radius 1 is 1.42 bits per heavy atom. The van der Waals surface area contributed by atoms with Crippen molar-refractivity contribution >= 4 is 6.09 Å². The standard InChI is InChI=1S/C7H17N3O2/c1-5(3-8)10-7(11)12-6(2)4-9/h5-6H,3-4,8-9H2,1-2H3,(H,10,11). The molecule has 1 amide bonds. The van der Waals surface area contributed by atoms with Crippen LogP contribution in [0, 0.1) is 0 Å². The highest BCUT2D eigenvalue weighted by atomic mass is 16.6. The van der Waals surface area contributed by atoms with E-state index in [9.17, 15) is 4.79 Å². The van der Waals surface area contributed by atoms with Gasteiger partial charge in [-0.2, -0.15) is 0 Å². The SMILES string of the molecule is CC(CN)NC(=O)OC(C)CN. The van der Waals surface area contributed by atoms with E-state index in [2.05, 4.69) is 5.32 Å². The molecule has 0 aromatic carbocycles. The first-order valence-electron chi connectivity index (χ1n) is 3.97. The Kier molecular flexibility index (Phi) is 5.40. The van der Waals surface area contributed by atoms with Crippen LogP contribution in [-0.4, -0.2) is 31.3 Å². The van der Waals surface area contributed by atoms with E-state index in [0.717, 1.165) is 0 Å². The third kappa shape index (κ3) is 4.92. The van der Waals surface area contributed by atoms with Gasteiger partial charge in [0, 0.05) is 19.1 Å². The van der Waals surface area contributed by atoms with Crippen LogP contribution in [0.15, 0.2) is 0 Å². The van der Waals surface area contributed by atoms with Crippen LogP contribution in [0.4, 0.5) is 4.79 Å². The lowest BCUT2D eigenvalue weighted by atomic mass is 10.3. The van der Waals surface area contributed by atoms with Crippen molar-refractivity contribution in [2.75, 3.05) is 13.1 Å². The van der Waals surface area contributed by atoms with E-state index in [1.54, 1.807) is 13.8 Å². The average Bonchev–Trinajstić information content (AvgIpc) is 2.03. The Bertz CT molecular complexity index is 127. The highest BCUT2D eigenvalue weighted by molar-refractivity contribution is 5.67. The lowest BCUT2D eigenvalue weighted by molar-refractivity contribution is 0.108. The molecule has 12 heavy (non-hydrogen) atoms. The zero-order valence-electron chi connectivity index (χ0n) is 7.54. The minimum Gasteiger partial charge on any atom is -0.445 e. The molecule has 0 aliphatic rings. The van der Waals surface area contributed by atoms with Gasteiger partial charge >= 0.3 is 6.09 Å². The summed E-state index contributed by atoms with van der Waals surface area (Å²) in [5, 5.41) is 2.55. The minimum absolute atomic E-state index is 0.0672. The van der Waals surface area contributed by atoms with Gasteiger partial charge in [-0.25, -0.2) is 4.79 Å². The van der Waals surface area contributed by atoms with Crippen molar-refractivity contribution in [1.29, 1.82) is 0 Å². The molecule has 0 heterocycles. The zero-order chi connectivity index (χ0) is 9.56. The Labute approximate surface area is 72.4 Å². The van der Waals surface area contributed by atoms with Crippen LogP contribution in [0.1, 0.15) is 13.8 Å². The Balaban J connectivity index is 3.59. The molecule has 0 spiro atoms. The highest BCUT2D eigenvalue weighted by Crippen LogP contribution is 1.89. The van der Waals surface area contributed by atoms with Gasteiger partial charge in [-0.15, -0.1) is 0 Å². The van der Waals surface area contributed by atoms with E-state index in [-0.39, 0.29) is 12.1 Å². The number of hydrogen-bond acceptors (Lipinski definition) is 4. The Morgan fingerprint density at radius 3 is 2.42 bits per heavy atom. The predicted octanol–water partition coefficient (Wildman–Crippen LogP) is -0.593. The number of carbonyl (C=O) groups is 1. The van der Waals surface area contributed by atoms with Crippen molar-refractivity contribution in [3.05, 3.63) is 0 Å². The van der Waals surface area contributed by atoms with E-state index < -0.39 is 6.09 Å². The van der Waals surface area contributed by atoms with Crippen LogP contribution in [-0.2, 0) is 4.74 Å². The van der Waals surface area contributed by atoms with Gasteiger partial charge in [-0.05, 0) is 13.8 Å². The number of hydrogen-bond donors (Lipinski definition) is 3. The van der Waals surface area contributed by atoms with Crippen LogP contribution in [0.5, 0.6) is 0 Å². The summed E-state index contributed by atoms with van der Waals surface area (Å²) in [7, 11) is 0. The lowest BCUT2D eigenvalue weighted by Crippen LogP contribution is -2.40. The molecule has 5 heteroatoms. The second-order valence-corrected chi connectivity index (χ2v) is 2.73. The summed E-state index contributed by atoms with van der Waals surface area (Å²) in [6, 6.07) is -0.0672. The van der Waals surface area contributed by atoms with Gasteiger partial charge in [0.25, 0.3) is 0 Å². The lowest BCUT2D eigenvalue weighted by Gasteiger charge is -2.14. The fourth-order valence-corrected chi connectivity index (χ4v) is 0.525. The van der Waals surface area contributed by atoms with Crippen molar-refractivity contribution in [1.82, 2.24) is 5.32 Å². The maximum absolute atomic E-state index is 10.9. The molecule has 5 nitrogen and oxygen atoms in total. The smallest absolute Gasteiger partial charge is 0.407 e. The zero-order valence-corrected chi connectivity index (χ0v) is 7.54. The van der Waals surface area contributed by atoms with Crippen LogP contribution in [0.25, 0.3) is 0 Å². The maximum Gasteiger partial charge on any atom is 0.407 e. The number of ether oxygens (including phenoxy) is 1. The first-order valence-corrected chi connectivity index (χ1v) is 3.97. The summed E-state index contributed by atoms with van der Waals surface area (Å²) in [6.07, 6.45) is -0.721. The minimum atomic E-state index is -0.467. The van der Waals surface area contributed by atoms with Crippen molar-refractivity contribution in [3.63, 3.8) is 0 Å². The first-order chi connectivity index (χ1) is 5.60. The van der Waals surface area contributed by atoms with Gasteiger partial charge in [0.15, 0.2) is 0 Å². The normalized spacial score (nSPS) is 15.0.